The van der Waals surface area contributed by atoms with Crippen LogP contribution in [0.3, 0.4) is 0 Å². The first kappa shape index (κ1) is 21.9. The summed E-state index contributed by atoms with van der Waals surface area (Å²) in [5, 5.41) is 0. The summed E-state index contributed by atoms with van der Waals surface area (Å²) in [4.78, 5) is 26.3. The van der Waals surface area contributed by atoms with Crippen LogP contribution in [0.25, 0.3) is 0 Å². The number of ether oxygens (including phenoxy) is 3. The van der Waals surface area contributed by atoms with E-state index in [0.29, 0.717) is 0 Å². The van der Waals surface area contributed by atoms with E-state index in [9.17, 15) is 9.59 Å². The van der Waals surface area contributed by atoms with Crippen molar-refractivity contribution in [1.82, 2.24) is 4.90 Å². The van der Waals surface area contributed by atoms with Crippen LogP contribution in [0.2, 0.25) is 0 Å². The van der Waals surface area contributed by atoms with Crippen molar-refractivity contribution >= 4 is 12.1 Å². The third-order valence-electron chi connectivity index (χ3n) is 4.11. The van der Waals surface area contributed by atoms with Crippen LogP contribution >= 0.6 is 0 Å². The van der Waals surface area contributed by atoms with Gasteiger partial charge >= 0.3 is 12.1 Å². The Labute approximate surface area is 165 Å². The van der Waals surface area contributed by atoms with Crippen molar-refractivity contribution in [3.05, 3.63) is 48.6 Å². The highest BCUT2D eigenvalue weighted by Crippen LogP contribution is 2.33. The number of carbonyl (C=O) groups is 2. The molecule has 1 fully saturated rings. The molecule has 7 heteroatoms. The van der Waals surface area contributed by atoms with E-state index in [1.807, 2.05) is 30.3 Å². The van der Waals surface area contributed by atoms with Crippen LogP contribution < -0.4 is 0 Å². The van der Waals surface area contributed by atoms with Crippen LogP contribution in [-0.2, 0) is 25.6 Å². The van der Waals surface area contributed by atoms with Crippen molar-refractivity contribution in [2.45, 2.75) is 51.1 Å². The molecule has 1 amide bonds. The second-order valence-corrected chi connectivity index (χ2v) is 7.88. The first-order chi connectivity index (χ1) is 13.1. The topological polar surface area (TPSA) is 65.1 Å². The van der Waals surface area contributed by atoms with E-state index in [1.54, 1.807) is 20.8 Å². The van der Waals surface area contributed by atoms with Crippen molar-refractivity contribution in [1.29, 1.82) is 0 Å². The monoisotopic (exact) mass is 393 g/mol. The summed E-state index contributed by atoms with van der Waals surface area (Å²) in [5.41, 5.74) is -1.83. The summed E-state index contributed by atoms with van der Waals surface area (Å²) >= 11 is 0. The molecule has 1 saturated heterocycles. The number of likely N-dealkylation sites (tertiary alicyclic amines) is 1. The minimum absolute atomic E-state index is 0.0462. The SMILES string of the molecule is C=CCOC[C@@]1(F)C[C@@H](C(=O)OCc2ccccc2)N(C(=O)OC(C)(C)C)C1. The van der Waals surface area contributed by atoms with Gasteiger partial charge in [0, 0.05) is 6.42 Å². The number of hydrogen-bond donors (Lipinski definition) is 0. The smallest absolute Gasteiger partial charge is 0.411 e. The van der Waals surface area contributed by atoms with Gasteiger partial charge in [-0.1, -0.05) is 36.4 Å². The summed E-state index contributed by atoms with van der Waals surface area (Å²) in [6.45, 7) is 8.32. The predicted octanol–water partition coefficient (Wildman–Crippen LogP) is 3.65. The van der Waals surface area contributed by atoms with Gasteiger partial charge in [-0.3, -0.25) is 4.90 Å². The third kappa shape index (κ3) is 6.34. The highest BCUT2D eigenvalue weighted by molar-refractivity contribution is 5.82. The molecule has 1 heterocycles. The van der Waals surface area contributed by atoms with Gasteiger partial charge in [0.15, 0.2) is 5.67 Å². The molecule has 1 aromatic rings. The Balaban J connectivity index is 2.10. The largest absolute Gasteiger partial charge is 0.459 e. The summed E-state index contributed by atoms with van der Waals surface area (Å²) in [6.07, 6.45) is 0.546. The van der Waals surface area contributed by atoms with Gasteiger partial charge in [0.25, 0.3) is 0 Å². The fourth-order valence-corrected chi connectivity index (χ4v) is 2.91. The number of amides is 1. The van der Waals surface area contributed by atoms with Gasteiger partial charge in [0.2, 0.25) is 0 Å². The summed E-state index contributed by atoms with van der Waals surface area (Å²) in [6, 6.07) is 8.07. The number of alkyl halides is 1. The van der Waals surface area contributed by atoms with Gasteiger partial charge in [-0.2, -0.15) is 0 Å². The number of carbonyl (C=O) groups excluding carboxylic acids is 2. The summed E-state index contributed by atoms with van der Waals surface area (Å²) in [7, 11) is 0. The molecule has 2 rings (SSSR count). The van der Waals surface area contributed by atoms with E-state index in [-0.39, 0.29) is 32.8 Å². The van der Waals surface area contributed by atoms with E-state index in [2.05, 4.69) is 6.58 Å². The summed E-state index contributed by atoms with van der Waals surface area (Å²) < 4.78 is 31.1. The van der Waals surface area contributed by atoms with E-state index >= 15 is 4.39 Å². The Kier molecular flexibility index (Phi) is 7.18. The predicted molar refractivity (Wildman–Crippen MR) is 102 cm³/mol. The minimum Gasteiger partial charge on any atom is -0.459 e. The van der Waals surface area contributed by atoms with Crippen molar-refractivity contribution in [3.63, 3.8) is 0 Å². The number of rotatable bonds is 7. The lowest BCUT2D eigenvalue weighted by atomic mass is 10.0. The molecule has 0 saturated carbocycles. The molecule has 0 N–H and O–H groups in total. The van der Waals surface area contributed by atoms with Crippen LogP contribution in [0, 0.1) is 0 Å². The van der Waals surface area contributed by atoms with Crippen molar-refractivity contribution < 1.29 is 28.2 Å². The molecule has 0 bridgehead atoms. The lowest BCUT2D eigenvalue weighted by Gasteiger charge is -2.27. The molecule has 0 unspecified atom stereocenters. The molecule has 0 spiro atoms. The van der Waals surface area contributed by atoms with Crippen LogP contribution in [0.1, 0.15) is 32.8 Å². The minimum atomic E-state index is -1.86. The van der Waals surface area contributed by atoms with Crippen molar-refractivity contribution in [2.24, 2.45) is 0 Å². The normalized spacial score (nSPS) is 22.0. The van der Waals surface area contributed by atoms with Crippen molar-refractivity contribution in [3.8, 4) is 0 Å². The first-order valence-electron chi connectivity index (χ1n) is 9.21. The van der Waals surface area contributed by atoms with Gasteiger partial charge in [0.05, 0.1) is 19.8 Å². The molecule has 1 aliphatic rings. The lowest BCUT2D eigenvalue weighted by Crippen LogP contribution is -2.44. The average Bonchev–Trinajstić information content (AvgIpc) is 2.98. The zero-order chi connectivity index (χ0) is 20.8. The molecule has 154 valence electrons. The molecule has 1 aromatic carbocycles. The summed E-state index contributed by atoms with van der Waals surface area (Å²) in [5.74, 6) is -0.669. The second-order valence-electron chi connectivity index (χ2n) is 7.88. The number of benzene rings is 1. The second kappa shape index (κ2) is 9.19. The Morgan fingerprint density at radius 2 is 2.00 bits per heavy atom. The first-order valence-corrected chi connectivity index (χ1v) is 9.21. The molecular weight excluding hydrogens is 365 g/mol. The van der Waals surface area contributed by atoms with Crippen LogP contribution in [-0.4, -0.2) is 54.0 Å². The lowest BCUT2D eigenvalue weighted by molar-refractivity contribution is -0.150. The quantitative estimate of drug-likeness (QED) is 0.402. The Bertz CT molecular complexity index is 688. The zero-order valence-electron chi connectivity index (χ0n) is 16.7. The number of halogens is 1. The van der Waals surface area contributed by atoms with Crippen LogP contribution in [0.4, 0.5) is 9.18 Å². The van der Waals surface area contributed by atoms with E-state index < -0.39 is 29.4 Å². The Morgan fingerprint density at radius 1 is 1.32 bits per heavy atom. The van der Waals surface area contributed by atoms with E-state index in [1.165, 1.54) is 6.08 Å². The van der Waals surface area contributed by atoms with Gasteiger partial charge in [-0.05, 0) is 26.3 Å². The van der Waals surface area contributed by atoms with Gasteiger partial charge in [-0.15, -0.1) is 6.58 Å². The Hall–Kier alpha value is -2.41. The average molecular weight is 393 g/mol. The fourth-order valence-electron chi connectivity index (χ4n) is 2.91. The molecule has 0 radical (unpaired) electrons. The molecule has 28 heavy (non-hydrogen) atoms. The molecule has 2 atom stereocenters. The number of nitrogens with zero attached hydrogens (tertiary/aromatic N) is 1. The van der Waals surface area contributed by atoms with Crippen LogP contribution in [0.5, 0.6) is 0 Å². The maximum absolute atomic E-state index is 15.2. The molecule has 0 aromatic heterocycles. The Morgan fingerprint density at radius 3 is 2.61 bits per heavy atom. The standard InChI is InChI=1S/C21H28FNO5/c1-5-11-26-15-21(22)12-17(23(14-21)19(25)28-20(2,3)4)18(24)27-13-16-9-7-6-8-10-16/h5-10,17H,1,11-15H2,2-4H3/t17-,21+/m0/s1. The maximum Gasteiger partial charge on any atom is 0.411 e. The molecular formula is C21H28FNO5. The van der Waals surface area contributed by atoms with Crippen LogP contribution in [0.15, 0.2) is 43.0 Å². The van der Waals surface area contributed by atoms with Gasteiger partial charge in [-0.25, -0.2) is 14.0 Å². The fraction of sp³-hybridized carbons (Fsp3) is 0.524. The highest BCUT2D eigenvalue weighted by Gasteiger charge is 2.51. The third-order valence-corrected chi connectivity index (χ3v) is 4.11. The number of esters is 1. The van der Waals surface area contributed by atoms with Crippen molar-refractivity contribution in [2.75, 3.05) is 19.8 Å². The zero-order valence-corrected chi connectivity index (χ0v) is 16.7. The van der Waals surface area contributed by atoms with Gasteiger partial charge in [0.1, 0.15) is 18.2 Å². The number of hydrogen-bond acceptors (Lipinski definition) is 5. The van der Waals surface area contributed by atoms with E-state index in [4.69, 9.17) is 14.2 Å². The molecule has 0 aliphatic carbocycles. The van der Waals surface area contributed by atoms with E-state index in [0.717, 1.165) is 10.5 Å². The molecule has 1 aliphatic heterocycles. The van der Waals surface area contributed by atoms with Gasteiger partial charge < -0.3 is 14.2 Å². The maximum atomic E-state index is 15.2. The highest BCUT2D eigenvalue weighted by atomic mass is 19.1. The molecule has 6 nitrogen and oxygen atoms in total.